The summed E-state index contributed by atoms with van der Waals surface area (Å²) in [6, 6.07) is 25.9. The third-order valence-electron chi connectivity index (χ3n) is 4.42. The molecule has 1 nitrogen and oxygen atoms in total. The minimum atomic E-state index is 0.270. The first-order chi connectivity index (χ1) is 10.8. The van der Waals surface area contributed by atoms with Gasteiger partial charge < -0.3 is 4.98 Å². The van der Waals surface area contributed by atoms with Gasteiger partial charge in [0.2, 0.25) is 0 Å². The SMILES string of the molecule is Cc1cccc2c(C(c3ccccc3)c3cc[cH-]c3)c[nH]c12. The molecule has 0 aliphatic rings. The van der Waals surface area contributed by atoms with Crippen LogP contribution < -0.4 is 0 Å². The molecule has 22 heavy (non-hydrogen) atoms. The Labute approximate surface area is 130 Å². The molecular formula is C21H18N-. The summed E-state index contributed by atoms with van der Waals surface area (Å²) in [5.74, 6) is 0.270. The molecule has 1 aromatic heterocycles. The van der Waals surface area contributed by atoms with Crippen molar-refractivity contribution in [3.8, 4) is 0 Å². The third-order valence-corrected chi connectivity index (χ3v) is 4.42. The van der Waals surface area contributed by atoms with E-state index < -0.39 is 0 Å². The van der Waals surface area contributed by atoms with Crippen molar-refractivity contribution in [1.82, 2.24) is 4.98 Å². The van der Waals surface area contributed by atoms with Crippen LogP contribution in [0.15, 0.2) is 79.0 Å². The fourth-order valence-electron chi connectivity index (χ4n) is 3.34. The number of nitrogens with one attached hydrogen (secondary N) is 1. The first-order valence-corrected chi connectivity index (χ1v) is 7.68. The molecule has 0 aliphatic carbocycles. The number of hydrogen-bond donors (Lipinski definition) is 1. The quantitative estimate of drug-likeness (QED) is 0.486. The van der Waals surface area contributed by atoms with Crippen LogP contribution in [-0.4, -0.2) is 4.98 Å². The molecule has 0 bridgehead atoms. The lowest BCUT2D eigenvalue weighted by molar-refractivity contribution is 0.994. The Hall–Kier alpha value is -2.67. The van der Waals surface area contributed by atoms with Gasteiger partial charge in [0.05, 0.1) is 0 Å². The molecule has 1 N–H and O–H groups in total. The van der Waals surface area contributed by atoms with Crippen LogP contribution in [0, 0.1) is 6.92 Å². The second-order valence-corrected chi connectivity index (χ2v) is 5.80. The standard InChI is InChI=1S/C21H18N/c1-15-8-7-13-18-19(14-22-21(15)18)20(17-11-5-6-12-17)16-9-3-2-4-10-16/h2-14,20,22H,1H3/q-1. The highest BCUT2D eigenvalue weighted by Gasteiger charge is 2.16. The summed E-state index contributed by atoms with van der Waals surface area (Å²) in [5, 5.41) is 1.31. The van der Waals surface area contributed by atoms with Crippen LogP contribution in [0.25, 0.3) is 10.9 Å². The number of fused-ring (bicyclic) bond motifs is 1. The maximum Gasteiger partial charge on any atom is 0.0486 e. The first kappa shape index (κ1) is 13.0. The van der Waals surface area contributed by atoms with Crippen molar-refractivity contribution in [2.24, 2.45) is 0 Å². The van der Waals surface area contributed by atoms with Crippen molar-refractivity contribution >= 4 is 10.9 Å². The van der Waals surface area contributed by atoms with E-state index in [1.165, 1.54) is 33.2 Å². The lowest BCUT2D eigenvalue weighted by atomic mass is 9.86. The second-order valence-electron chi connectivity index (χ2n) is 5.80. The van der Waals surface area contributed by atoms with Crippen LogP contribution >= 0.6 is 0 Å². The van der Waals surface area contributed by atoms with Crippen LogP contribution in [0.3, 0.4) is 0 Å². The average molecular weight is 284 g/mol. The number of aromatic amines is 1. The number of aromatic nitrogens is 1. The summed E-state index contributed by atoms with van der Waals surface area (Å²) in [4.78, 5) is 3.47. The van der Waals surface area contributed by atoms with E-state index in [-0.39, 0.29) is 5.92 Å². The normalized spacial score (nSPS) is 12.6. The summed E-state index contributed by atoms with van der Waals surface area (Å²) in [6.07, 6.45) is 2.17. The van der Waals surface area contributed by atoms with E-state index in [4.69, 9.17) is 0 Å². The molecule has 1 heteroatoms. The maximum absolute atomic E-state index is 3.47. The predicted octanol–water partition coefficient (Wildman–Crippen LogP) is 5.38. The lowest BCUT2D eigenvalue weighted by Gasteiger charge is -2.22. The Morgan fingerprint density at radius 2 is 1.77 bits per heavy atom. The van der Waals surface area contributed by atoms with Crippen LogP contribution in [0.5, 0.6) is 0 Å². The molecule has 0 amide bonds. The Morgan fingerprint density at radius 3 is 2.55 bits per heavy atom. The molecular weight excluding hydrogens is 266 g/mol. The zero-order chi connectivity index (χ0) is 14.9. The van der Waals surface area contributed by atoms with E-state index in [0.717, 1.165) is 0 Å². The molecule has 3 aromatic carbocycles. The van der Waals surface area contributed by atoms with E-state index in [2.05, 4.69) is 90.9 Å². The fraction of sp³-hybridized carbons (Fsp3) is 0.0952. The minimum Gasteiger partial charge on any atom is -0.361 e. The van der Waals surface area contributed by atoms with E-state index in [0.29, 0.717) is 0 Å². The summed E-state index contributed by atoms with van der Waals surface area (Å²) >= 11 is 0. The Bertz CT molecular complexity index is 882. The van der Waals surface area contributed by atoms with Crippen molar-refractivity contribution in [2.45, 2.75) is 12.8 Å². The van der Waals surface area contributed by atoms with E-state index in [1.54, 1.807) is 0 Å². The van der Waals surface area contributed by atoms with Gasteiger partial charge in [-0.1, -0.05) is 48.5 Å². The molecule has 0 saturated carbocycles. The minimum absolute atomic E-state index is 0.270. The molecule has 108 valence electrons. The van der Waals surface area contributed by atoms with Gasteiger partial charge in [-0.05, 0) is 29.5 Å². The van der Waals surface area contributed by atoms with E-state index in [9.17, 15) is 0 Å². The average Bonchev–Trinajstić information content (AvgIpc) is 3.20. The van der Waals surface area contributed by atoms with Gasteiger partial charge >= 0.3 is 0 Å². The zero-order valence-corrected chi connectivity index (χ0v) is 12.6. The van der Waals surface area contributed by atoms with Crippen molar-refractivity contribution in [3.63, 3.8) is 0 Å². The summed E-state index contributed by atoms with van der Waals surface area (Å²) in [7, 11) is 0. The largest absolute Gasteiger partial charge is 0.361 e. The van der Waals surface area contributed by atoms with Gasteiger partial charge in [0.1, 0.15) is 0 Å². The monoisotopic (exact) mass is 284 g/mol. The molecule has 0 radical (unpaired) electrons. The van der Waals surface area contributed by atoms with Gasteiger partial charge in [-0.25, -0.2) is 6.07 Å². The molecule has 0 saturated heterocycles. The Balaban J connectivity index is 1.96. The van der Waals surface area contributed by atoms with Crippen molar-refractivity contribution < 1.29 is 0 Å². The second kappa shape index (κ2) is 5.27. The van der Waals surface area contributed by atoms with Crippen LogP contribution in [0.2, 0.25) is 0 Å². The maximum atomic E-state index is 3.47. The van der Waals surface area contributed by atoms with Crippen LogP contribution in [0.4, 0.5) is 0 Å². The smallest absolute Gasteiger partial charge is 0.0486 e. The van der Waals surface area contributed by atoms with E-state index in [1.807, 2.05) is 0 Å². The zero-order valence-electron chi connectivity index (χ0n) is 12.6. The van der Waals surface area contributed by atoms with Gasteiger partial charge in [0.15, 0.2) is 0 Å². The van der Waals surface area contributed by atoms with Crippen LogP contribution in [0.1, 0.15) is 28.2 Å². The molecule has 0 fully saturated rings. The number of benzene rings is 2. The number of aryl methyl sites for hydroxylation is 1. The number of rotatable bonds is 3. The molecule has 1 unspecified atom stereocenters. The third kappa shape index (κ3) is 2.06. The van der Waals surface area contributed by atoms with Gasteiger partial charge in [-0.3, -0.25) is 0 Å². The molecule has 1 heterocycles. The Morgan fingerprint density at radius 1 is 0.909 bits per heavy atom. The van der Waals surface area contributed by atoms with Crippen molar-refractivity contribution in [3.05, 3.63) is 101 Å². The predicted molar refractivity (Wildman–Crippen MR) is 92.5 cm³/mol. The molecule has 0 spiro atoms. The van der Waals surface area contributed by atoms with Gasteiger partial charge in [0.25, 0.3) is 0 Å². The van der Waals surface area contributed by atoms with Crippen molar-refractivity contribution in [1.29, 1.82) is 0 Å². The molecule has 4 rings (SSSR count). The fourth-order valence-corrected chi connectivity index (χ4v) is 3.34. The summed E-state index contributed by atoms with van der Waals surface area (Å²) in [5.41, 5.74) is 6.55. The highest BCUT2D eigenvalue weighted by molar-refractivity contribution is 5.87. The summed E-state index contributed by atoms with van der Waals surface area (Å²) in [6.45, 7) is 2.16. The molecule has 0 aliphatic heterocycles. The molecule has 4 aromatic rings. The highest BCUT2D eigenvalue weighted by Crippen LogP contribution is 2.36. The van der Waals surface area contributed by atoms with Crippen molar-refractivity contribution in [2.75, 3.05) is 0 Å². The molecule has 1 atom stereocenters. The Kier molecular flexibility index (Phi) is 3.12. The topological polar surface area (TPSA) is 15.8 Å². The number of para-hydroxylation sites is 1. The first-order valence-electron chi connectivity index (χ1n) is 7.68. The van der Waals surface area contributed by atoms with E-state index >= 15 is 0 Å². The van der Waals surface area contributed by atoms with Crippen LogP contribution in [-0.2, 0) is 0 Å². The summed E-state index contributed by atoms with van der Waals surface area (Å²) < 4.78 is 0. The highest BCUT2D eigenvalue weighted by atomic mass is 14.7. The van der Waals surface area contributed by atoms with Gasteiger partial charge in [-0.2, -0.15) is 23.8 Å². The number of H-pyrrole nitrogens is 1. The number of hydrogen-bond acceptors (Lipinski definition) is 0. The van der Waals surface area contributed by atoms with Gasteiger partial charge in [-0.15, -0.1) is 0 Å². The van der Waals surface area contributed by atoms with Gasteiger partial charge in [0, 0.05) is 17.1 Å². The lowest BCUT2D eigenvalue weighted by Crippen LogP contribution is -2.01.